The van der Waals surface area contributed by atoms with Crippen LogP contribution in [0.25, 0.3) is 11.3 Å². The Kier molecular flexibility index (Phi) is 6.00. The predicted molar refractivity (Wildman–Crippen MR) is 131 cm³/mol. The quantitative estimate of drug-likeness (QED) is 0.592. The van der Waals surface area contributed by atoms with Gasteiger partial charge in [-0.15, -0.1) is 0 Å². The van der Waals surface area contributed by atoms with E-state index >= 15 is 0 Å². The average molecular weight is 434 g/mol. The van der Waals surface area contributed by atoms with Crippen LogP contribution >= 0.6 is 0 Å². The summed E-state index contributed by atoms with van der Waals surface area (Å²) in [5.41, 5.74) is 10.9. The lowest BCUT2D eigenvalue weighted by Crippen LogP contribution is -2.44. The number of aromatic nitrogens is 2. The van der Waals surface area contributed by atoms with Crippen molar-refractivity contribution in [1.82, 2.24) is 19.8 Å². The van der Waals surface area contributed by atoms with Gasteiger partial charge in [0.05, 0.1) is 17.6 Å². The Morgan fingerprint density at radius 3 is 2.56 bits per heavy atom. The molecule has 3 heterocycles. The molecule has 0 amide bonds. The number of aliphatic imine (C=N–C) groups is 1. The van der Waals surface area contributed by atoms with E-state index in [-0.39, 0.29) is 0 Å². The molecule has 1 aliphatic carbocycles. The zero-order valence-corrected chi connectivity index (χ0v) is 19.4. The molecule has 1 saturated carbocycles. The number of hydrogen-bond donors (Lipinski definition) is 1. The van der Waals surface area contributed by atoms with E-state index in [0.717, 1.165) is 62.8 Å². The number of hydrogen-bond acceptors (Lipinski definition) is 6. The fourth-order valence-electron chi connectivity index (χ4n) is 5.17. The first-order valence-electron chi connectivity index (χ1n) is 12.0. The van der Waals surface area contributed by atoms with Gasteiger partial charge in [0, 0.05) is 50.9 Å². The molecule has 170 valence electrons. The molecule has 0 spiro atoms. The maximum Gasteiger partial charge on any atom is 0.222 e. The van der Waals surface area contributed by atoms with E-state index in [2.05, 4.69) is 62.9 Å². The van der Waals surface area contributed by atoms with E-state index < -0.39 is 0 Å². The van der Waals surface area contributed by atoms with Crippen molar-refractivity contribution in [2.75, 3.05) is 50.4 Å². The van der Waals surface area contributed by atoms with Gasteiger partial charge in [0.25, 0.3) is 0 Å². The normalized spacial score (nSPS) is 20.6. The highest BCUT2D eigenvalue weighted by Gasteiger charge is 2.21. The Morgan fingerprint density at radius 1 is 1.00 bits per heavy atom. The monoisotopic (exact) mass is 433 g/mol. The SMILES string of the molecule is CC(=NC1CCCC1)N1CCc2ccc(-c3cc(N4CCN(C)CC4)nc(N)n3)cc2C1. The molecule has 3 aliphatic rings. The molecule has 2 N–H and O–H groups in total. The number of piperazine rings is 1. The Balaban J connectivity index is 1.37. The molecule has 2 aromatic rings. The number of anilines is 2. The highest BCUT2D eigenvalue weighted by atomic mass is 15.3. The van der Waals surface area contributed by atoms with Crippen molar-refractivity contribution in [2.45, 2.75) is 51.6 Å². The van der Waals surface area contributed by atoms with Crippen LogP contribution in [0.1, 0.15) is 43.7 Å². The van der Waals surface area contributed by atoms with Crippen molar-refractivity contribution in [3.8, 4) is 11.3 Å². The van der Waals surface area contributed by atoms with Crippen molar-refractivity contribution in [3.63, 3.8) is 0 Å². The molecule has 1 aromatic heterocycles. The van der Waals surface area contributed by atoms with E-state index in [1.165, 1.54) is 42.6 Å². The van der Waals surface area contributed by atoms with E-state index in [1.54, 1.807) is 0 Å². The number of nitrogen functional groups attached to an aromatic ring is 1. The van der Waals surface area contributed by atoms with Gasteiger partial charge in [-0.05, 0) is 50.4 Å². The van der Waals surface area contributed by atoms with Crippen molar-refractivity contribution < 1.29 is 0 Å². The van der Waals surface area contributed by atoms with Gasteiger partial charge in [0.15, 0.2) is 0 Å². The summed E-state index contributed by atoms with van der Waals surface area (Å²) in [5.74, 6) is 2.46. The molecule has 0 bridgehead atoms. The molecule has 0 atom stereocenters. The molecule has 2 aliphatic heterocycles. The maximum absolute atomic E-state index is 6.12. The van der Waals surface area contributed by atoms with Gasteiger partial charge in [-0.1, -0.05) is 25.0 Å². The summed E-state index contributed by atoms with van der Waals surface area (Å²) < 4.78 is 0. The van der Waals surface area contributed by atoms with Gasteiger partial charge in [-0.25, -0.2) is 4.98 Å². The Hall–Kier alpha value is -2.67. The van der Waals surface area contributed by atoms with Gasteiger partial charge in [-0.3, -0.25) is 4.99 Å². The van der Waals surface area contributed by atoms with Crippen LogP contribution in [-0.2, 0) is 13.0 Å². The predicted octanol–water partition coefficient (Wildman–Crippen LogP) is 3.20. The Bertz CT molecular complexity index is 988. The molecular weight excluding hydrogens is 398 g/mol. The van der Waals surface area contributed by atoms with Crippen LogP contribution in [0.15, 0.2) is 29.3 Å². The fraction of sp³-hybridized carbons (Fsp3) is 0.560. The molecule has 7 heteroatoms. The van der Waals surface area contributed by atoms with E-state index in [0.29, 0.717) is 12.0 Å². The third-order valence-corrected chi connectivity index (χ3v) is 7.22. The van der Waals surface area contributed by atoms with E-state index in [1.807, 2.05) is 0 Å². The summed E-state index contributed by atoms with van der Waals surface area (Å²) in [5, 5.41) is 0. The number of likely N-dealkylation sites (N-methyl/N-ethyl adjacent to an activating group) is 1. The number of amidine groups is 1. The van der Waals surface area contributed by atoms with Gasteiger partial charge in [0.1, 0.15) is 5.82 Å². The summed E-state index contributed by atoms with van der Waals surface area (Å²) in [6.07, 6.45) is 6.20. The zero-order chi connectivity index (χ0) is 22.1. The second-order valence-corrected chi connectivity index (χ2v) is 9.53. The van der Waals surface area contributed by atoms with Crippen molar-refractivity contribution in [2.24, 2.45) is 4.99 Å². The first kappa shape index (κ1) is 21.2. The lowest BCUT2D eigenvalue weighted by Gasteiger charge is -2.33. The number of nitrogens with zero attached hydrogens (tertiary/aromatic N) is 6. The highest BCUT2D eigenvalue weighted by molar-refractivity contribution is 5.80. The zero-order valence-electron chi connectivity index (χ0n) is 19.4. The van der Waals surface area contributed by atoms with Gasteiger partial charge in [0.2, 0.25) is 5.95 Å². The second-order valence-electron chi connectivity index (χ2n) is 9.53. The largest absolute Gasteiger partial charge is 0.368 e. The summed E-state index contributed by atoms with van der Waals surface area (Å²) in [6.45, 7) is 8.14. The minimum absolute atomic E-state index is 0.343. The number of fused-ring (bicyclic) bond motifs is 1. The summed E-state index contributed by atoms with van der Waals surface area (Å²) >= 11 is 0. The van der Waals surface area contributed by atoms with Crippen molar-refractivity contribution in [3.05, 3.63) is 35.4 Å². The van der Waals surface area contributed by atoms with Crippen LogP contribution in [0.3, 0.4) is 0 Å². The number of benzene rings is 1. The Labute approximate surface area is 191 Å². The minimum Gasteiger partial charge on any atom is -0.368 e. The van der Waals surface area contributed by atoms with Crippen LogP contribution in [0.5, 0.6) is 0 Å². The molecular formula is C25H35N7. The first-order valence-corrected chi connectivity index (χ1v) is 12.0. The van der Waals surface area contributed by atoms with Gasteiger partial charge in [-0.2, -0.15) is 4.98 Å². The summed E-state index contributed by atoms with van der Waals surface area (Å²) in [4.78, 5) is 21.2. The third-order valence-electron chi connectivity index (χ3n) is 7.22. The third kappa shape index (κ3) is 4.58. The van der Waals surface area contributed by atoms with E-state index in [9.17, 15) is 0 Å². The van der Waals surface area contributed by atoms with Crippen molar-refractivity contribution >= 4 is 17.6 Å². The summed E-state index contributed by atoms with van der Waals surface area (Å²) in [6, 6.07) is 9.36. The van der Waals surface area contributed by atoms with Crippen LogP contribution in [0.2, 0.25) is 0 Å². The summed E-state index contributed by atoms with van der Waals surface area (Å²) in [7, 11) is 2.16. The fourth-order valence-corrected chi connectivity index (χ4v) is 5.17. The maximum atomic E-state index is 6.12. The van der Waals surface area contributed by atoms with Crippen molar-refractivity contribution in [1.29, 1.82) is 0 Å². The molecule has 1 saturated heterocycles. The molecule has 7 nitrogen and oxygen atoms in total. The average Bonchev–Trinajstić information content (AvgIpc) is 3.31. The van der Waals surface area contributed by atoms with Crippen LogP contribution in [0, 0.1) is 0 Å². The van der Waals surface area contributed by atoms with Crippen LogP contribution < -0.4 is 10.6 Å². The number of rotatable bonds is 3. The lowest BCUT2D eigenvalue weighted by molar-refractivity contribution is 0.312. The standard InChI is InChI=1S/C25H35N7/c1-18(27-22-5-3-4-6-22)32-10-9-19-7-8-20(15-21(19)17-32)23-16-24(29-25(26)28-23)31-13-11-30(2)12-14-31/h7-8,15-16,22H,3-6,9-14,17H2,1-2H3,(H2,26,28,29). The van der Waals surface area contributed by atoms with Gasteiger partial charge < -0.3 is 20.4 Å². The lowest BCUT2D eigenvalue weighted by atomic mass is 9.96. The minimum atomic E-state index is 0.343. The molecule has 0 unspecified atom stereocenters. The topological polar surface area (TPSA) is 73.9 Å². The van der Waals surface area contributed by atoms with Gasteiger partial charge >= 0.3 is 0 Å². The first-order chi connectivity index (χ1) is 15.5. The smallest absolute Gasteiger partial charge is 0.222 e. The molecule has 5 rings (SSSR count). The highest BCUT2D eigenvalue weighted by Crippen LogP contribution is 2.29. The molecule has 32 heavy (non-hydrogen) atoms. The second kappa shape index (κ2) is 9.06. The molecule has 0 radical (unpaired) electrons. The Morgan fingerprint density at radius 2 is 1.78 bits per heavy atom. The number of nitrogens with two attached hydrogens (primary N) is 1. The molecule has 2 fully saturated rings. The van der Waals surface area contributed by atoms with Crippen LogP contribution in [-0.4, -0.2) is 71.4 Å². The molecule has 1 aromatic carbocycles. The van der Waals surface area contributed by atoms with Crippen LogP contribution in [0.4, 0.5) is 11.8 Å². The van der Waals surface area contributed by atoms with E-state index in [4.69, 9.17) is 10.7 Å².